The summed E-state index contributed by atoms with van der Waals surface area (Å²) in [6.45, 7) is 2.02. The first-order valence-corrected chi connectivity index (χ1v) is 9.57. The van der Waals surface area contributed by atoms with Gasteiger partial charge >= 0.3 is 17.9 Å². The SMILES string of the molecule is CCOC(=O)CCCOc1ccc(Br)cc1-c1c(C(=O)O)c(N)[nH]c(=O)c1C(=O)O. The molecule has 1 aromatic carbocycles. The average molecular weight is 483 g/mol. The Balaban J connectivity index is 2.55. The van der Waals surface area contributed by atoms with E-state index in [0.717, 1.165) is 0 Å². The molecular formula is C19H19BrN2O8. The summed E-state index contributed by atoms with van der Waals surface area (Å²) in [4.78, 5) is 49.2. The maximum absolute atomic E-state index is 12.2. The molecule has 11 heteroatoms. The van der Waals surface area contributed by atoms with E-state index in [1.54, 1.807) is 13.0 Å². The summed E-state index contributed by atoms with van der Waals surface area (Å²) in [6.07, 6.45) is 0.418. The molecule has 160 valence electrons. The Hall–Kier alpha value is -3.34. The van der Waals surface area contributed by atoms with Crippen molar-refractivity contribution >= 4 is 39.7 Å². The summed E-state index contributed by atoms with van der Waals surface area (Å²) in [7, 11) is 0. The van der Waals surface area contributed by atoms with Gasteiger partial charge < -0.3 is 30.4 Å². The predicted octanol–water partition coefficient (Wildman–Crippen LogP) is 2.51. The third-order valence-corrected chi connectivity index (χ3v) is 4.46. The maximum Gasteiger partial charge on any atom is 0.342 e. The minimum absolute atomic E-state index is 0.0492. The van der Waals surface area contributed by atoms with Crippen LogP contribution >= 0.6 is 15.9 Å². The Morgan fingerprint density at radius 2 is 1.83 bits per heavy atom. The summed E-state index contributed by atoms with van der Waals surface area (Å²) < 4.78 is 11.0. The van der Waals surface area contributed by atoms with Gasteiger partial charge in [0, 0.05) is 22.0 Å². The van der Waals surface area contributed by atoms with Gasteiger partial charge in [-0.1, -0.05) is 15.9 Å². The quantitative estimate of drug-likeness (QED) is 0.309. The number of benzene rings is 1. The molecule has 0 spiro atoms. The number of aromatic nitrogens is 1. The van der Waals surface area contributed by atoms with Crippen molar-refractivity contribution in [2.75, 3.05) is 18.9 Å². The van der Waals surface area contributed by atoms with Crippen molar-refractivity contribution in [1.82, 2.24) is 4.98 Å². The van der Waals surface area contributed by atoms with Crippen LogP contribution in [-0.2, 0) is 9.53 Å². The number of hydrogen-bond donors (Lipinski definition) is 4. The number of pyridine rings is 1. The highest BCUT2D eigenvalue weighted by Crippen LogP contribution is 2.37. The molecule has 1 heterocycles. The largest absolute Gasteiger partial charge is 0.493 e. The highest BCUT2D eigenvalue weighted by molar-refractivity contribution is 9.10. The van der Waals surface area contributed by atoms with E-state index >= 15 is 0 Å². The minimum Gasteiger partial charge on any atom is -0.493 e. The molecule has 1 aromatic heterocycles. The second kappa shape index (κ2) is 9.92. The number of nitrogen functional groups attached to an aromatic ring is 1. The van der Waals surface area contributed by atoms with E-state index in [9.17, 15) is 29.4 Å². The highest BCUT2D eigenvalue weighted by Gasteiger charge is 2.28. The zero-order valence-corrected chi connectivity index (χ0v) is 17.4. The first kappa shape index (κ1) is 22.9. The first-order chi connectivity index (χ1) is 14.2. The van der Waals surface area contributed by atoms with Gasteiger partial charge in [-0.25, -0.2) is 9.59 Å². The first-order valence-electron chi connectivity index (χ1n) is 8.78. The Labute approximate surface area is 178 Å². The predicted molar refractivity (Wildman–Crippen MR) is 110 cm³/mol. The Morgan fingerprint density at radius 3 is 2.43 bits per heavy atom. The molecule has 2 aromatic rings. The fourth-order valence-electron chi connectivity index (χ4n) is 2.77. The smallest absolute Gasteiger partial charge is 0.342 e. The van der Waals surface area contributed by atoms with Crippen LogP contribution in [0.25, 0.3) is 11.1 Å². The third kappa shape index (κ3) is 5.17. The van der Waals surface area contributed by atoms with Crippen LogP contribution in [0.1, 0.15) is 40.5 Å². The second-order valence-corrected chi connectivity index (χ2v) is 6.92. The number of aromatic carboxylic acids is 2. The number of ether oxygens (including phenoxy) is 2. The molecule has 0 aliphatic carbocycles. The number of nitrogens with two attached hydrogens (primary N) is 1. The minimum atomic E-state index is -1.62. The van der Waals surface area contributed by atoms with Crippen LogP contribution in [-0.4, -0.2) is 46.3 Å². The molecule has 0 unspecified atom stereocenters. The molecule has 0 bridgehead atoms. The van der Waals surface area contributed by atoms with E-state index in [1.165, 1.54) is 12.1 Å². The monoisotopic (exact) mass is 482 g/mol. The zero-order chi connectivity index (χ0) is 22.4. The number of carboxylic acid groups (broad SMARTS) is 2. The molecular weight excluding hydrogens is 464 g/mol. The van der Waals surface area contributed by atoms with E-state index in [2.05, 4.69) is 15.9 Å². The van der Waals surface area contributed by atoms with Crippen molar-refractivity contribution in [2.24, 2.45) is 0 Å². The van der Waals surface area contributed by atoms with Crippen LogP contribution in [0.15, 0.2) is 27.5 Å². The van der Waals surface area contributed by atoms with Crippen molar-refractivity contribution < 1.29 is 34.1 Å². The molecule has 0 saturated heterocycles. The van der Waals surface area contributed by atoms with Gasteiger partial charge in [0.05, 0.1) is 13.2 Å². The molecule has 10 nitrogen and oxygen atoms in total. The van der Waals surface area contributed by atoms with E-state index in [4.69, 9.17) is 15.2 Å². The number of rotatable bonds is 9. The summed E-state index contributed by atoms with van der Waals surface area (Å²) in [5.74, 6) is -3.89. The van der Waals surface area contributed by atoms with Gasteiger partial charge in [0.15, 0.2) is 0 Å². The van der Waals surface area contributed by atoms with Gasteiger partial charge in [0.25, 0.3) is 5.56 Å². The van der Waals surface area contributed by atoms with E-state index in [-0.39, 0.29) is 42.5 Å². The summed E-state index contributed by atoms with van der Waals surface area (Å²) in [5.41, 5.74) is 2.94. The van der Waals surface area contributed by atoms with E-state index < -0.39 is 34.4 Å². The van der Waals surface area contributed by atoms with Crippen molar-refractivity contribution in [1.29, 1.82) is 0 Å². The summed E-state index contributed by atoms with van der Waals surface area (Å²) >= 11 is 3.24. The topological polar surface area (TPSA) is 169 Å². The molecule has 0 fully saturated rings. The lowest BCUT2D eigenvalue weighted by atomic mass is 9.94. The molecule has 0 aliphatic rings. The lowest BCUT2D eigenvalue weighted by Crippen LogP contribution is -2.24. The van der Waals surface area contributed by atoms with Crippen LogP contribution in [0.3, 0.4) is 0 Å². The highest BCUT2D eigenvalue weighted by atomic mass is 79.9. The Morgan fingerprint density at radius 1 is 1.17 bits per heavy atom. The lowest BCUT2D eigenvalue weighted by molar-refractivity contribution is -0.143. The molecule has 0 saturated carbocycles. The standard InChI is InChI=1S/C19H19BrN2O8/c1-2-29-12(23)4-3-7-30-11-6-5-9(20)8-10(11)13-14(18(25)26)16(21)22-17(24)15(13)19(27)28/h5-6,8H,2-4,7H2,1H3,(H,25,26)(H,27,28)(H3,21,22,24). The fourth-order valence-corrected chi connectivity index (χ4v) is 3.13. The van der Waals surface area contributed by atoms with Crippen molar-refractivity contribution in [3.8, 4) is 16.9 Å². The number of carboxylic acids is 2. The molecule has 0 radical (unpaired) electrons. The lowest BCUT2D eigenvalue weighted by Gasteiger charge is -2.16. The molecule has 0 atom stereocenters. The molecule has 30 heavy (non-hydrogen) atoms. The van der Waals surface area contributed by atoms with Gasteiger partial charge in [-0.3, -0.25) is 9.59 Å². The number of nitrogens with one attached hydrogen (secondary N) is 1. The number of carbonyl (C=O) groups is 3. The van der Waals surface area contributed by atoms with Gasteiger partial charge in [0.1, 0.15) is 22.7 Å². The summed E-state index contributed by atoms with van der Waals surface area (Å²) in [6, 6.07) is 4.51. The van der Waals surface area contributed by atoms with E-state index in [1.807, 2.05) is 4.98 Å². The Bertz CT molecular complexity index is 1050. The van der Waals surface area contributed by atoms with E-state index in [0.29, 0.717) is 10.9 Å². The van der Waals surface area contributed by atoms with Gasteiger partial charge in [0.2, 0.25) is 0 Å². The third-order valence-electron chi connectivity index (χ3n) is 3.97. The number of aromatic amines is 1. The average Bonchev–Trinajstić information content (AvgIpc) is 2.65. The van der Waals surface area contributed by atoms with Crippen molar-refractivity contribution in [3.63, 3.8) is 0 Å². The fraction of sp³-hybridized carbons (Fsp3) is 0.263. The summed E-state index contributed by atoms with van der Waals surface area (Å²) in [5, 5.41) is 19.1. The number of H-pyrrole nitrogens is 1. The number of hydrogen-bond acceptors (Lipinski definition) is 7. The molecule has 2 rings (SSSR count). The Kier molecular flexibility index (Phi) is 7.59. The zero-order valence-electron chi connectivity index (χ0n) is 15.9. The molecule has 5 N–H and O–H groups in total. The van der Waals surface area contributed by atoms with Crippen LogP contribution in [0.4, 0.5) is 5.82 Å². The second-order valence-electron chi connectivity index (χ2n) is 6.00. The van der Waals surface area contributed by atoms with Crippen molar-refractivity contribution in [2.45, 2.75) is 19.8 Å². The maximum atomic E-state index is 12.2. The number of anilines is 1. The molecule has 0 aliphatic heterocycles. The van der Waals surface area contributed by atoms with Crippen LogP contribution < -0.4 is 16.0 Å². The number of carbonyl (C=O) groups excluding carboxylic acids is 1. The van der Waals surface area contributed by atoms with Gasteiger partial charge in [-0.15, -0.1) is 0 Å². The van der Waals surface area contributed by atoms with Crippen LogP contribution in [0.2, 0.25) is 0 Å². The number of esters is 1. The molecule has 0 amide bonds. The number of halogens is 1. The van der Waals surface area contributed by atoms with Crippen LogP contribution in [0.5, 0.6) is 5.75 Å². The van der Waals surface area contributed by atoms with Gasteiger partial charge in [-0.2, -0.15) is 0 Å². The van der Waals surface area contributed by atoms with Gasteiger partial charge in [-0.05, 0) is 31.5 Å². The normalized spacial score (nSPS) is 10.5. The van der Waals surface area contributed by atoms with Crippen molar-refractivity contribution in [3.05, 3.63) is 44.2 Å². The van der Waals surface area contributed by atoms with Crippen LogP contribution in [0, 0.1) is 0 Å².